The molecule has 7 heteroatoms. The third kappa shape index (κ3) is 5.10. The quantitative estimate of drug-likeness (QED) is 0.495. The van der Waals surface area contributed by atoms with Gasteiger partial charge in [-0.3, -0.25) is 9.59 Å². The Kier molecular flexibility index (Phi) is 6.42. The molecule has 0 aliphatic rings. The van der Waals surface area contributed by atoms with Crippen molar-refractivity contribution in [3.05, 3.63) is 72.4 Å². The van der Waals surface area contributed by atoms with E-state index < -0.39 is 11.9 Å². The molecule has 1 N–H and O–H groups in total. The lowest BCUT2D eigenvalue weighted by molar-refractivity contribution is -0.140. The predicted octanol–water partition coefficient (Wildman–Crippen LogP) is 2.85. The molecule has 29 heavy (non-hydrogen) atoms. The summed E-state index contributed by atoms with van der Waals surface area (Å²) in [4.78, 5) is 23.2. The molecule has 0 saturated carbocycles. The predicted molar refractivity (Wildman–Crippen MR) is 110 cm³/mol. The molecule has 0 saturated heterocycles. The molecule has 1 amide bonds. The van der Waals surface area contributed by atoms with Crippen LogP contribution in [-0.4, -0.2) is 42.4 Å². The SMILES string of the molecule is COC(=O)CNC(=O)C=Cc1cn(-c2ccccc2)nc1-c1ccc(OC)cc1. The molecule has 2 aromatic carbocycles. The number of aromatic nitrogens is 2. The number of esters is 1. The van der Waals surface area contributed by atoms with Crippen LogP contribution >= 0.6 is 0 Å². The molecule has 0 bridgehead atoms. The Balaban J connectivity index is 1.91. The Labute approximate surface area is 168 Å². The maximum Gasteiger partial charge on any atom is 0.325 e. The van der Waals surface area contributed by atoms with E-state index in [1.165, 1.54) is 13.2 Å². The Bertz CT molecular complexity index is 1010. The number of methoxy groups -OCH3 is 2. The zero-order valence-electron chi connectivity index (χ0n) is 16.2. The molecule has 0 fully saturated rings. The van der Waals surface area contributed by atoms with Gasteiger partial charge in [-0.25, -0.2) is 4.68 Å². The second-order valence-corrected chi connectivity index (χ2v) is 6.07. The Morgan fingerprint density at radius 1 is 1.07 bits per heavy atom. The molecule has 0 spiro atoms. The maximum atomic E-state index is 12.0. The lowest BCUT2D eigenvalue weighted by Crippen LogP contribution is -2.28. The summed E-state index contributed by atoms with van der Waals surface area (Å²) in [5.41, 5.74) is 3.26. The van der Waals surface area contributed by atoms with E-state index in [0.717, 1.165) is 22.6 Å². The van der Waals surface area contributed by atoms with Gasteiger partial charge in [0.05, 0.1) is 25.6 Å². The van der Waals surface area contributed by atoms with Gasteiger partial charge in [-0.05, 0) is 42.5 Å². The van der Waals surface area contributed by atoms with Crippen LogP contribution in [0.4, 0.5) is 0 Å². The lowest BCUT2D eigenvalue weighted by Gasteiger charge is -2.03. The van der Waals surface area contributed by atoms with Gasteiger partial charge in [-0.1, -0.05) is 18.2 Å². The Morgan fingerprint density at radius 2 is 1.79 bits per heavy atom. The zero-order chi connectivity index (χ0) is 20.6. The number of benzene rings is 2. The van der Waals surface area contributed by atoms with Crippen LogP contribution in [-0.2, 0) is 14.3 Å². The van der Waals surface area contributed by atoms with Crippen LogP contribution in [0.15, 0.2) is 66.9 Å². The molecule has 148 valence electrons. The van der Waals surface area contributed by atoms with Crippen LogP contribution < -0.4 is 10.1 Å². The van der Waals surface area contributed by atoms with Gasteiger partial charge in [0, 0.05) is 23.4 Å². The number of hydrogen-bond acceptors (Lipinski definition) is 5. The molecule has 0 unspecified atom stereocenters. The van der Waals surface area contributed by atoms with Crippen LogP contribution in [0.1, 0.15) is 5.56 Å². The first kappa shape index (κ1) is 19.9. The smallest absolute Gasteiger partial charge is 0.325 e. The fourth-order valence-electron chi connectivity index (χ4n) is 2.65. The number of carbonyl (C=O) groups excluding carboxylic acids is 2. The number of carbonyl (C=O) groups is 2. The second kappa shape index (κ2) is 9.36. The van der Waals surface area contributed by atoms with Crippen LogP contribution in [0, 0.1) is 0 Å². The molecule has 7 nitrogen and oxygen atoms in total. The highest BCUT2D eigenvalue weighted by atomic mass is 16.5. The number of amides is 1. The molecule has 3 rings (SSSR count). The molecule has 0 atom stereocenters. The molecular formula is C22H21N3O4. The number of nitrogens with zero attached hydrogens (tertiary/aromatic N) is 2. The summed E-state index contributed by atoms with van der Waals surface area (Å²) in [6.07, 6.45) is 4.87. The van der Waals surface area contributed by atoms with E-state index in [1.807, 2.05) is 60.8 Å². The summed E-state index contributed by atoms with van der Waals surface area (Å²) < 4.78 is 11.5. The van der Waals surface area contributed by atoms with E-state index >= 15 is 0 Å². The van der Waals surface area contributed by atoms with E-state index in [0.29, 0.717) is 5.69 Å². The highest BCUT2D eigenvalue weighted by molar-refractivity contribution is 5.94. The molecule has 3 aromatic rings. The van der Waals surface area contributed by atoms with E-state index in [1.54, 1.807) is 17.9 Å². The van der Waals surface area contributed by atoms with E-state index in [4.69, 9.17) is 9.84 Å². The highest BCUT2D eigenvalue weighted by Gasteiger charge is 2.11. The van der Waals surface area contributed by atoms with Crippen molar-refractivity contribution in [2.45, 2.75) is 0 Å². The Morgan fingerprint density at radius 3 is 2.45 bits per heavy atom. The standard InChI is InChI=1S/C22H21N3O4/c1-28-19-11-8-16(9-12-19)22-17(10-13-20(26)23-14-21(27)29-2)15-25(24-22)18-6-4-3-5-7-18/h3-13,15H,14H2,1-2H3,(H,23,26). The Hall–Kier alpha value is -3.87. The molecule has 0 aliphatic heterocycles. The molecule has 1 aromatic heterocycles. The molecule has 1 heterocycles. The normalized spacial score (nSPS) is 10.7. The van der Waals surface area contributed by atoms with Crippen molar-refractivity contribution >= 4 is 18.0 Å². The fourth-order valence-corrected chi connectivity index (χ4v) is 2.65. The van der Waals surface area contributed by atoms with Crippen molar-refractivity contribution in [2.75, 3.05) is 20.8 Å². The van der Waals surface area contributed by atoms with Crippen molar-refractivity contribution in [1.82, 2.24) is 15.1 Å². The van der Waals surface area contributed by atoms with Gasteiger partial charge in [0.15, 0.2) is 0 Å². The van der Waals surface area contributed by atoms with Crippen molar-refractivity contribution in [3.8, 4) is 22.7 Å². The van der Waals surface area contributed by atoms with Crippen LogP contribution in [0.5, 0.6) is 5.75 Å². The molecule has 0 radical (unpaired) electrons. The average Bonchev–Trinajstić information content (AvgIpc) is 3.21. The van der Waals surface area contributed by atoms with E-state index in [-0.39, 0.29) is 6.54 Å². The first-order valence-corrected chi connectivity index (χ1v) is 8.93. The summed E-state index contributed by atoms with van der Waals surface area (Å²) in [6.45, 7) is -0.186. The van der Waals surface area contributed by atoms with Gasteiger partial charge < -0.3 is 14.8 Å². The summed E-state index contributed by atoms with van der Waals surface area (Å²) in [5.74, 6) is -0.165. The van der Waals surface area contributed by atoms with Crippen LogP contribution in [0.2, 0.25) is 0 Å². The van der Waals surface area contributed by atoms with Gasteiger partial charge in [-0.15, -0.1) is 0 Å². The van der Waals surface area contributed by atoms with Crippen molar-refractivity contribution < 1.29 is 19.1 Å². The van der Waals surface area contributed by atoms with E-state index in [2.05, 4.69) is 10.1 Å². The highest BCUT2D eigenvalue weighted by Crippen LogP contribution is 2.26. The van der Waals surface area contributed by atoms with Crippen molar-refractivity contribution in [2.24, 2.45) is 0 Å². The number of para-hydroxylation sites is 1. The van der Waals surface area contributed by atoms with Gasteiger partial charge >= 0.3 is 5.97 Å². The number of nitrogens with one attached hydrogen (secondary N) is 1. The third-order valence-corrected chi connectivity index (χ3v) is 4.18. The summed E-state index contributed by atoms with van der Waals surface area (Å²) >= 11 is 0. The van der Waals surface area contributed by atoms with Crippen LogP contribution in [0.25, 0.3) is 23.0 Å². The van der Waals surface area contributed by atoms with E-state index in [9.17, 15) is 9.59 Å². The minimum Gasteiger partial charge on any atom is -0.497 e. The summed E-state index contributed by atoms with van der Waals surface area (Å²) in [5, 5.41) is 7.16. The fraction of sp³-hybridized carbons (Fsp3) is 0.136. The third-order valence-electron chi connectivity index (χ3n) is 4.18. The first-order chi connectivity index (χ1) is 14.1. The van der Waals surface area contributed by atoms with Gasteiger partial charge in [0.25, 0.3) is 0 Å². The van der Waals surface area contributed by atoms with Crippen molar-refractivity contribution in [3.63, 3.8) is 0 Å². The summed E-state index contributed by atoms with van der Waals surface area (Å²) in [7, 11) is 2.88. The maximum absolute atomic E-state index is 12.0. The molecular weight excluding hydrogens is 370 g/mol. The topological polar surface area (TPSA) is 82.5 Å². The number of ether oxygens (including phenoxy) is 2. The minimum absolute atomic E-state index is 0.186. The summed E-state index contributed by atoms with van der Waals surface area (Å²) in [6, 6.07) is 17.2. The minimum atomic E-state index is -0.512. The molecule has 0 aliphatic carbocycles. The number of hydrogen-bond donors (Lipinski definition) is 1. The largest absolute Gasteiger partial charge is 0.497 e. The first-order valence-electron chi connectivity index (χ1n) is 8.93. The lowest BCUT2D eigenvalue weighted by atomic mass is 10.1. The van der Waals surface area contributed by atoms with Gasteiger partial charge in [0.2, 0.25) is 5.91 Å². The monoisotopic (exact) mass is 391 g/mol. The number of rotatable bonds is 7. The zero-order valence-corrected chi connectivity index (χ0v) is 16.2. The van der Waals surface area contributed by atoms with Crippen LogP contribution in [0.3, 0.4) is 0 Å². The second-order valence-electron chi connectivity index (χ2n) is 6.07. The van der Waals surface area contributed by atoms with Crippen molar-refractivity contribution in [1.29, 1.82) is 0 Å². The van der Waals surface area contributed by atoms with Gasteiger partial charge in [-0.2, -0.15) is 5.10 Å². The van der Waals surface area contributed by atoms with Gasteiger partial charge in [0.1, 0.15) is 12.3 Å². The average molecular weight is 391 g/mol.